The zero-order valence-electron chi connectivity index (χ0n) is 9.12. The SMILES string of the molecule is N#C/C(=C/Nc1ncccn1)C(=O)NCC(=O)O. The quantitative estimate of drug-likeness (QED) is 0.472. The Balaban J connectivity index is 2.63. The molecule has 8 nitrogen and oxygen atoms in total. The Hall–Kier alpha value is -2.95. The van der Waals surface area contributed by atoms with Gasteiger partial charge in [0, 0.05) is 18.6 Å². The molecule has 0 aromatic carbocycles. The summed E-state index contributed by atoms with van der Waals surface area (Å²) in [7, 11) is 0. The molecular formula is C10H9N5O3. The smallest absolute Gasteiger partial charge is 0.322 e. The predicted molar refractivity (Wildman–Crippen MR) is 60.0 cm³/mol. The maximum atomic E-state index is 11.4. The molecule has 0 saturated heterocycles. The number of carbonyl (C=O) groups excluding carboxylic acids is 1. The molecule has 0 unspecified atom stereocenters. The van der Waals surface area contributed by atoms with Gasteiger partial charge in [-0.2, -0.15) is 5.26 Å². The molecule has 0 aliphatic heterocycles. The average Bonchev–Trinajstić information content (AvgIpc) is 2.38. The molecule has 0 bridgehead atoms. The van der Waals surface area contributed by atoms with Gasteiger partial charge in [-0.3, -0.25) is 9.59 Å². The van der Waals surface area contributed by atoms with Gasteiger partial charge in [-0.1, -0.05) is 0 Å². The minimum absolute atomic E-state index is 0.219. The molecule has 0 aliphatic carbocycles. The molecule has 0 atom stereocenters. The van der Waals surface area contributed by atoms with Crippen molar-refractivity contribution in [2.45, 2.75) is 0 Å². The molecule has 0 spiro atoms. The number of hydrogen-bond acceptors (Lipinski definition) is 6. The predicted octanol–water partition coefficient (Wildman–Crippen LogP) is -0.503. The molecule has 1 amide bonds. The molecule has 0 saturated carbocycles. The standard InChI is InChI=1S/C10H9N5O3/c11-4-7(9(18)14-6-8(16)17)5-15-10-12-2-1-3-13-10/h1-3,5H,6H2,(H,14,18)(H,16,17)(H,12,13,15)/b7-5-. The summed E-state index contributed by atoms with van der Waals surface area (Å²) in [6.45, 7) is -0.556. The molecule has 0 radical (unpaired) electrons. The fraction of sp³-hybridized carbons (Fsp3) is 0.100. The fourth-order valence-corrected chi connectivity index (χ4v) is 0.910. The molecule has 0 fully saturated rings. The van der Waals surface area contributed by atoms with E-state index in [0.29, 0.717) is 0 Å². The molecule has 1 aromatic heterocycles. The van der Waals surface area contributed by atoms with Gasteiger partial charge in [0.05, 0.1) is 0 Å². The van der Waals surface area contributed by atoms with Crippen LogP contribution in [0.5, 0.6) is 0 Å². The Kier molecular flexibility index (Phi) is 4.80. The van der Waals surface area contributed by atoms with E-state index in [9.17, 15) is 9.59 Å². The first-order chi connectivity index (χ1) is 8.63. The number of nitriles is 1. The second-order valence-corrected chi connectivity index (χ2v) is 2.96. The van der Waals surface area contributed by atoms with Crippen LogP contribution in [-0.4, -0.2) is 33.5 Å². The molecule has 3 N–H and O–H groups in total. The Bertz CT molecular complexity index is 506. The van der Waals surface area contributed by atoms with Crippen molar-refractivity contribution in [2.24, 2.45) is 0 Å². The number of amides is 1. The highest BCUT2D eigenvalue weighted by molar-refractivity contribution is 5.98. The monoisotopic (exact) mass is 247 g/mol. The lowest BCUT2D eigenvalue weighted by atomic mass is 10.3. The van der Waals surface area contributed by atoms with Crippen molar-refractivity contribution in [1.82, 2.24) is 15.3 Å². The normalized spacial score (nSPS) is 10.3. The van der Waals surface area contributed by atoms with Crippen LogP contribution in [0.1, 0.15) is 0 Å². The van der Waals surface area contributed by atoms with Gasteiger partial charge in [-0.25, -0.2) is 9.97 Å². The zero-order valence-corrected chi connectivity index (χ0v) is 9.12. The molecule has 8 heteroatoms. The Morgan fingerprint density at radius 2 is 2.11 bits per heavy atom. The Morgan fingerprint density at radius 3 is 2.67 bits per heavy atom. The number of nitrogens with zero attached hydrogens (tertiary/aromatic N) is 3. The number of hydrogen-bond donors (Lipinski definition) is 3. The average molecular weight is 247 g/mol. The summed E-state index contributed by atoms with van der Waals surface area (Å²) in [5, 5.41) is 21.7. The summed E-state index contributed by atoms with van der Waals surface area (Å²) < 4.78 is 0. The van der Waals surface area contributed by atoms with Crippen molar-refractivity contribution in [3.63, 3.8) is 0 Å². The zero-order chi connectivity index (χ0) is 13.4. The van der Waals surface area contributed by atoms with Crippen LogP contribution in [0.15, 0.2) is 30.2 Å². The number of anilines is 1. The van der Waals surface area contributed by atoms with E-state index < -0.39 is 18.4 Å². The molecule has 0 aliphatic rings. The summed E-state index contributed by atoms with van der Waals surface area (Å²) in [5.74, 6) is -1.76. The first kappa shape index (κ1) is 13.1. The minimum atomic E-state index is -1.19. The van der Waals surface area contributed by atoms with E-state index >= 15 is 0 Å². The number of aliphatic carboxylic acids is 1. The van der Waals surface area contributed by atoms with Gasteiger partial charge in [0.2, 0.25) is 5.95 Å². The van der Waals surface area contributed by atoms with Gasteiger partial charge in [0.15, 0.2) is 0 Å². The summed E-state index contributed by atoms with van der Waals surface area (Å²) >= 11 is 0. The van der Waals surface area contributed by atoms with Crippen molar-refractivity contribution in [2.75, 3.05) is 11.9 Å². The molecule has 92 valence electrons. The number of rotatable bonds is 5. The van der Waals surface area contributed by atoms with Gasteiger partial charge in [0.1, 0.15) is 18.2 Å². The van der Waals surface area contributed by atoms with Crippen LogP contribution < -0.4 is 10.6 Å². The lowest BCUT2D eigenvalue weighted by Crippen LogP contribution is -2.30. The number of nitrogens with one attached hydrogen (secondary N) is 2. The third-order valence-corrected chi connectivity index (χ3v) is 1.68. The lowest BCUT2D eigenvalue weighted by Gasteiger charge is -2.01. The van der Waals surface area contributed by atoms with Crippen LogP contribution in [0.25, 0.3) is 0 Å². The van der Waals surface area contributed by atoms with E-state index in [0.717, 1.165) is 6.20 Å². The summed E-state index contributed by atoms with van der Waals surface area (Å²) in [4.78, 5) is 29.2. The number of aromatic nitrogens is 2. The van der Waals surface area contributed by atoms with Crippen LogP contribution in [0.2, 0.25) is 0 Å². The van der Waals surface area contributed by atoms with Crippen LogP contribution in [-0.2, 0) is 9.59 Å². The van der Waals surface area contributed by atoms with Crippen molar-refractivity contribution in [3.8, 4) is 6.07 Å². The van der Waals surface area contributed by atoms with Gasteiger partial charge in [0.25, 0.3) is 5.91 Å². The van der Waals surface area contributed by atoms with Crippen LogP contribution in [0.3, 0.4) is 0 Å². The molecule has 1 rings (SSSR count). The minimum Gasteiger partial charge on any atom is -0.480 e. The highest BCUT2D eigenvalue weighted by Gasteiger charge is 2.09. The third-order valence-electron chi connectivity index (χ3n) is 1.68. The van der Waals surface area contributed by atoms with Crippen LogP contribution in [0, 0.1) is 11.3 Å². The fourth-order valence-electron chi connectivity index (χ4n) is 0.910. The summed E-state index contributed by atoms with van der Waals surface area (Å²) in [6.07, 6.45) is 4.08. The topological polar surface area (TPSA) is 128 Å². The van der Waals surface area contributed by atoms with E-state index in [1.165, 1.54) is 12.4 Å². The van der Waals surface area contributed by atoms with Crippen molar-refractivity contribution in [3.05, 3.63) is 30.2 Å². The first-order valence-electron chi connectivity index (χ1n) is 4.77. The van der Waals surface area contributed by atoms with E-state index in [-0.39, 0.29) is 11.5 Å². The van der Waals surface area contributed by atoms with Crippen LogP contribution in [0.4, 0.5) is 5.95 Å². The molecular weight excluding hydrogens is 238 g/mol. The van der Waals surface area contributed by atoms with Gasteiger partial charge in [-0.15, -0.1) is 0 Å². The Labute approximate surface area is 102 Å². The Morgan fingerprint density at radius 1 is 1.44 bits per heavy atom. The highest BCUT2D eigenvalue weighted by Crippen LogP contribution is 1.97. The maximum Gasteiger partial charge on any atom is 0.322 e. The lowest BCUT2D eigenvalue weighted by molar-refractivity contribution is -0.137. The van der Waals surface area contributed by atoms with E-state index in [1.54, 1.807) is 12.1 Å². The number of carboxylic acid groups (broad SMARTS) is 1. The molecule has 1 aromatic rings. The van der Waals surface area contributed by atoms with Crippen LogP contribution >= 0.6 is 0 Å². The summed E-state index contributed by atoms with van der Waals surface area (Å²) in [5.41, 5.74) is -0.274. The first-order valence-corrected chi connectivity index (χ1v) is 4.77. The highest BCUT2D eigenvalue weighted by atomic mass is 16.4. The second kappa shape index (κ2) is 6.59. The van der Waals surface area contributed by atoms with E-state index in [4.69, 9.17) is 10.4 Å². The molecule has 18 heavy (non-hydrogen) atoms. The van der Waals surface area contributed by atoms with Crippen molar-refractivity contribution < 1.29 is 14.7 Å². The largest absolute Gasteiger partial charge is 0.480 e. The maximum absolute atomic E-state index is 11.4. The van der Waals surface area contributed by atoms with Crippen molar-refractivity contribution >= 4 is 17.8 Å². The van der Waals surface area contributed by atoms with E-state index in [1.807, 2.05) is 0 Å². The van der Waals surface area contributed by atoms with Gasteiger partial charge in [-0.05, 0) is 6.07 Å². The third kappa shape index (κ3) is 4.28. The van der Waals surface area contributed by atoms with E-state index in [2.05, 4.69) is 20.6 Å². The number of carbonyl (C=O) groups is 2. The second-order valence-electron chi connectivity index (χ2n) is 2.96. The van der Waals surface area contributed by atoms with Gasteiger partial charge >= 0.3 is 5.97 Å². The summed E-state index contributed by atoms with van der Waals surface area (Å²) in [6, 6.07) is 3.24. The number of carboxylic acids is 1. The van der Waals surface area contributed by atoms with Crippen molar-refractivity contribution in [1.29, 1.82) is 5.26 Å². The molecule has 1 heterocycles. The van der Waals surface area contributed by atoms with Gasteiger partial charge < -0.3 is 15.7 Å².